The Balaban J connectivity index is 1.86. The molecule has 1 aliphatic carbocycles. The van der Waals surface area contributed by atoms with Gasteiger partial charge in [0.2, 0.25) is 0 Å². The number of rotatable bonds is 4. The van der Waals surface area contributed by atoms with E-state index in [0.717, 1.165) is 24.1 Å². The van der Waals surface area contributed by atoms with Gasteiger partial charge in [-0.05, 0) is 36.0 Å². The first-order chi connectivity index (χ1) is 8.70. The number of nitrogens with one attached hydrogen (secondary N) is 1. The van der Waals surface area contributed by atoms with Gasteiger partial charge >= 0.3 is 0 Å². The quantitative estimate of drug-likeness (QED) is 0.877. The maximum absolute atomic E-state index is 5.17. The molecule has 2 heteroatoms. The summed E-state index contributed by atoms with van der Waals surface area (Å²) >= 11 is 0. The molecule has 1 aromatic carbocycles. The highest BCUT2D eigenvalue weighted by molar-refractivity contribution is 5.27. The molecule has 1 aliphatic rings. The second-order valence-electron chi connectivity index (χ2n) is 5.60. The van der Waals surface area contributed by atoms with E-state index in [1.807, 2.05) is 12.1 Å². The summed E-state index contributed by atoms with van der Waals surface area (Å²) in [5.74, 6) is 2.57. The minimum absolute atomic E-state index is 0.677. The van der Waals surface area contributed by atoms with Gasteiger partial charge in [0.25, 0.3) is 0 Å². The van der Waals surface area contributed by atoms with Crippen LogP contribution in [-0.2, 0) is 6.54 Å². The molecular weight excluding hydrogens is 222 g/mol. The van der Waals surface area contributed by atoms with Crippen molar-refractivity contribution in [2.75, 3.05) is 7.11 Å². The van der Waals surface area contributed by atoms with E-state index >= 15 is 0 Å². The van der Waals surface area contributed by atoms with Crippen LogP contribution in [0.15, 0.2) is 24.3 Å². The molecule has 3 atom stereocenters. The fraction of sp³-hybridized carbons (Fsp3) is 0.625. The van der Waals surface area contributed by atoms with Gasteiger partial charge in [-0.25, -0.2) is 0 Å². The summed E-state index contributed by atoms with van der Waals surface area (Å²) in [4.78, 5) is 0. The van der Waals surface area contributed by atoms with Crippen molar-refractivity contribution in [1.29, 1.82) is 0 Å². The van der Waals surface area contributed by atoms with Crippen LogP contribution in [0.2, 0.25) is 0 Å². The van der Waals surface area contributed by atoms with Crippen LogP contribution in [0, 0.1) is 11.8 Å². The van der Waals surface area contributed by atoms with Gasteiger partial charge in [-0.3, -0.25) is 0 Å². The Bertz CT molecular complexity index is 360. The molecule has 1 aromatic rings. The van der Waals surface area contributed by atoms with Gasteiger partial charge in [-0.2, -0.15) is 0 Å². The summed E-state index contributed by atoms with van der Waals surface area (Å²) in [5, 5.41) is 3.71. The molecule has 0 spiro atoms. The number of hydrogen-bond acceptors (Lipinski definition) is 2. The van der Waals surface area contributed by atoms with Crippen molar-refractivity contribution in [2.24, 2.45) is 11.8 Å². The molecule has 0 aliphatic heterocycles. The molecule has 100 valence electrons. The number of ether oxygens (including phenoxy) is 1. The average Bonchev–Trinajstić information content (AvgIpc) is 2.41. The molecule has 0 saturated heterocycles. The normalized spacial score (nSPS) is 28.1. The molecule has 0 heterocycles. The summed E-state index contributed by atoms with van der Waals surface area (Å²) in [6.07, 6.45) is 4.08. The predicted molar refractivity (Wildman–Crippen MR) is 75.8 cm³/mol. The van der Waals surface area contributed by atoms with Crippen molar-refractivity contribution in [1.82, 2.24) is 5.32 Å². The first kappa shape index (κ1) is 13.4. The van der Waals surface area contributed by atoms with E-state index in [9.17, 15) is 0 Å². The third-order valence-electron chi connectivity index (χ3n) is 4.43. The summed E-state index contributed by atoms with van der Waals surface area (Å²) < 4.78 is 5.17. The zero-order chi connectivity index (χ0) is 13.0. The number of hydrogen-bond donors (Lipinski definition) is 1. The molecule has 3 unspecified atom stereocenters. The molecule has 2 nitrogen and oxygen atoms in total. The van der Waals surface area contributed by atoms with E-state index < -0.39 is 0 Å². The number of benzene rings is 1. The summed E-state index contributed by atoms with van der Waals surface area (Å²) in [6.45, 7) is 5.73. The van der Waals surface area contributed by atoms with Crippen LogP contribution < -0.4 is 10.1 Å². The third-order valence-corrected chi connectivity index (χ3v) is 4.43. The van der Waals surface area contributed by atoms with Gasteiger partial charge in [0, 0.05) is 12.6 Å². The van der Waals surface area contributed by atoms with E-state index in [0.29, 0.717) is 6.04 Å². The Labute approximate surface area is 111 Å². The fourth-order valence-corrected chi connectivity index (χ4v) is 2.86. The molecule has 1 N–H and O–H groups in total. The standard InChI is InChI=1S/C16H25NO/c1-12-5-4-6-16(13(12)2)17-11-14-7-9-15(18-3)10-8-14/h7-10,12-13,16-17H,4-6,11H2,1-3H3. The van der Waals surface area contributed by atoms with Crippen molar-refractivity contribution in [3.05, 3.63) is 29.8 Å². The van der Waals surface area contributed by atoms with E-state index in [2.05, 4.69) is 31.3 Å². The lowest BCUT2D eigenvalue weighted by Crippen LogP contribution is -2.40. The largest absolute Gasteiger partial charge is 0.497 e. The maximum atomic E-state index is 5.17. The molecule has 1 fully saturated rings. The van der Waals surface area contributed by atoms with Crippen LogP contribution in [-0.4, -0.2) is 13.2 Å². The molecule has 0 radical (unpaired) electrons. The van der Waals surface area contributed by atoms with Crippen LogP contribution in [0.1, 0.15) is 38.7 Å². The molecule has 18 heavy (non-hydrogen) atoms. The van der Waals surface area contributed by atoms with E-state index in [-0.39, 0.29) is 0 Å². The zero-order valence-corrected chi connectivity index (χ0v) is 11.8. The summed E-state index contributed by atoms with van der Waals surface area (Å²) in [7, 11) is 1.71. The molecular formula is C16H25NO. The minimum atomic E-state index is 0.677. The smallest absolute Gasteiger partial charge is 0.118 e. The Morgan fingerprint density at radius 2 is 1.89 bits per heavy atom. The van der Waals surface area contributed by atoms with Gasteiger partial charge in [0.1, 0.15) is 5.75 Å². The first-order valence-corrected chi connectivity index (χ1v) is 7.07. The van der Waals surface area contributed by atoms with Crippen molar-refractivity contribution < 1.29 is 4.74 Å². The van der Waals surface area contributed by atoms with E-state index in [1.54, 1.807) is 7.11 Å². The lowest BCUT2D eigenvalue weighted by molar-refractivity contribution is 0.206. The lowest BCUT2D eigenvalue weighted by atomic mass is 9.78. The van der Waals surface area contributed by atoms with Crippen molar-refractivity contribution in [3.8, 4) is 5.75 Å². The van der Waals surface area contributed by atoms with Crippen molar-refractivity contribution in [3.63, 3.8) is 0 Å². The van der Waals surface area contributed by atoms with Crippen molar-refractivity contribution in [2.45, 2.75) is 45.7 Å². The summed E-state index contributed by atoms with van der Waals surface area (Å²) in [6, 6.07) is 9.02. The summed E-state index contributed by atoms with van der Waals surface area (Å²) in [5.41, 5.74) is 1.33. The van der Waals surface area contributed by atoms with Gasteiger partial charge in [-0.1, -0.05) is 38.8 Å². The first-order valence-electron chi connectivity index (χ1n) is 7.07. The average molecular weight is 247 g/mol. The second-order valence-corrected chi connectivity index (χ2v) is 5.60. The highest BCUT2D eigenvalue weighted by atomic mass is 16.5. The van der Waals surface area contributed by atoms with E-state index in [4.69, 9.17) is 4.74 Å². The zero-order valence-electron chi connectivity index (χ0n) is 11.8. The van der Waals surface area contributed by atoms with Gasteiger partial charge in [0.05, 0.1) is 7.11 Å². The van der Waals surface area contributed by atoms with Gasteiger partial charge in [0.15, 0.2) is 0 Å². The van der Waals surface area contributed by atoms with E-state index in [1.165, 1.54) is 24.8 Å². The van der Waals surface area contributed by atoms with Gasteiger partial charge < -0.3 is 10.1 Å². The Morgan fingerprint density at radius 1 is 1.17 bits per heavy atom. The topological polar surface area (TPSA) is 21.3 Å². The molecule has 2 rings (SSSR count). The molecule has 0 amide bonds. The highest BCUT2D eigenvalue weighted by Gasteiger charge is 2.26. The maximum Gasteiger partial charge on any atom is 0.118 e. The van der Waals surface area contributed by atoms with Crippen LogP contribution >= 0.6 is 0 Å². The SMILES string of the molecule is COc1ccc(CNC2CCCC(C)C2C)cc1. The predicted octanol–water partition coefficient (Wildman–Crippen LogP) is 3.61. The fourth-order valence-electron chi connectivity index (χ4n) is 2.86. The van der Waals surface area contributed by atoms with Crippen LogP contribution in [0.4, 0.5) is 0 Å². The monoisotopic (exact) mass is 247 g/mol. The molecule has 0 aromatic heterocycles. The Hall–Kier alpha value is -1.02. The van der Waals surface area contributed by atoms with Crippen LogP contribution in [0.25, 0.3) is 0 Å². The Morgan fingerprint density at radius 3 is 2.56 bits per heavy atom. The minimum Gasteiger partial charge on any atom is -0.497 e. The number of methoxy groups -OCH3 is 1. The van der Waals surface area contributed by atoms with Crippen molar-refractivity contribution >= 4 is 0 Å². The van der Waals surface area contributed by atoms with Crippen LogP contribution in [0.3, 0.4) is 0 Å². The lowest BCUT2D eigenvalue weighted by Gasteiger charge is -2.34. The highest BCUT2D eigenvalue weighted by Crippen LogP contribution is 2.29. The third kappa shape index (κ3) is 3.26. The molecule has 0 bridgehead atoms. The molecule has 1 saturated carbocycles. The van der Waals surface area contributed by atoms with Crippen LogP contribution in [0.5, 0.6) is 5.75 Å². The second kappa shape index (κ2) is 6.24. The Kier molecular flexibility index (Phi) is 4.65. The van der Waals surface area contributed by atoms with Gasteiger partial charge in [-0.15, -0.1) is 0 Å².